The molecule has 2 aliphatic rings. The molecule has 3 aromatic rings. The monoisotopic (exact) mass is 538 g/mol. The van der Waals surface area contributed by atoms with Crippen LogP contribution in [0.3, 0.4) is 0 Å². The van der Waals surface area contributed by atoms with Crippen molar-refractivity contribution in [2.24, 2.45) is 10.2 Å². The number of hydrogen-bond donors (Lipinski definition) is 1. The maximum atomic E-state index is 14.6. The number of amides is 2. The molecule has 0 aromatic heterocycles. The van der Waals surface area contributed by atoms with Crippen molar-refractivity contribution in [2.75, 3.05) is 10.2 Å². The number of amidine groups is 1. The quantitative estimate of drug-likeness (QED) is 0.350. The Morgan fingerprint density at radius 1 is 0.971 bits per heavy atom. The second-order valence-corrected chi connectivity index (χ2v) is 9.15. The molecule has 1 saturated heterocycles. The van der Waals surface area contributed by atoms with Crippen molar-refractivity contribution >= 4 is 67.8 Å². The number of hydrogen-bond acceptors (Lipinski definition) is 5. The molecule has 0 aliphatic carbocycles. The molecule has 6 nitrogen and oxygen atoms in total. The van der Waals surface area contributed by atoms with Gasteiger partial charge in [-0.3, -0.25) is 9.59 Å². The molecule has 0 unspecified atom stereocenters. The van der Waals surface area contributed by atoms with E-state index in [-0.39, 0.29) is 21.5 Å². The van der Waals surface area contributed by atoms with Crippen molar-refractivity contribution in [1.29, 1.82) is 0 Å². The van der Waals surface area contributed by atoms with Crippen molar-refractivity contribution in [2.45, 2.75) is 0 Å². The van der Waals surface area contributed by atoms with Crippen LogP contribution < -0.4 is 10.2 Å². The third kappa shape index (κ3) is 4.17. The van der Waals surface area contributed by atoms with E-state index in [1.807, 2.05) is 0 Å². The van der Waals surface area contributed by atoms with E-state index in [1.165, 1.54) is 42.5 Å². The lowest BCUT2D eigenvalue weighted by Gasteiger charge is -2.15. The number of para-hydroxylation sites is 1. The molecule has 0 bridgehead atoms. The van der Waals surface area contributed by atoms with Gasteiger partial charge in [0.05, 0.1) is 16.3 Å². The first kappa shape index (κ1) is 22.2. The lowest BCUT2D eigenvalue weighted by molar-refractivity contribution is -0.113. The molecular weight excluding hydrogens is 526 g/mol. The molecule has 0 saturated carbocycles. The SMILES string of the molecule is O=C1Nc2ccc(Br)cc2C1=NN=C1SC(=Cc2ccc(F)cc2)C(=O)N1c1ccccc1F. The largest absolute Gasteiger partial charge is 0.320 e. The average molecular weight is 539 g/mol. The molecule has 0 atom stereocenters. The predicted molar refractivity (Wildman–Crippen MR) is 133 cm³/mol. The van der Waals surface area contributed by atoms with Crippen LogP contribution in [0.5, 0.6) is 0 Å². The van der Waals surface area contributed by atoms with Crippen LogP contribution in [0, 0.1) is 11.6 Å². The highest BCUT2D eigenvalue weighted by atomic mass is 79.9. The second kappa shape index (κ2) is 8.96. The molecular formula is C24H13BrF2N4O2S. The first-order valence-electron chi connectivity index (χ1n) is 9.92. The summed E-state index contributed by atoms with van der Waals surface area (Å²) in [4.78, 5) is 27.0. The van der Waals surface area contributed by atoms with E-state index >= 15 is 0 Å². The highest BCUT2D eigenvalue weighted by Crippen LogP contribution is 2.37. The van der Waals surface area contributed by atoms with E-state index < -0.39 is 23.4 Å². The summed E-state index contributed by atoms with van der Waals surface area (Å²) in [5.41, 5.74) is 1.80. The number of thioether (sulfide) groups is 1. The fraction of sp³-hybridized carbons (Fsp3) is 0. The normalized spacial score (nSPS) is 18.8. The van der Waals surface area contributed by atoms with Gasteiger partial charge in [-0.2, -0.15) is 0 Å². The number of carbonyl (C=O) groups is 2. The molecule has 2 heterocycles. The molecule has 34 heavy (non-hydrogen) atoms. The molecule has 168 valence electrons. The van der Waals surface area contributed by atoms with Gasteiger partial charge in [0.25, 0.3) is 11.8 Å². The minimum atomic E-state index is -0.618. The van der Waals surface area contributed by atoms with Crippen LogP contribution in [0.2, 0.25) is 0 Å². The van der Waals surface area contributed by atoms with Gasteiger partial charge in [-0.1, -0.05) is 40.2 Å². The molecule has 0 spiro atoms. The highest BCUT2D eigenvalue weighted by molar-refractivity contribution is 9.10. The Hall–Kier alpha value is -3.63. The maximum Gasteiger partial charge on any atom is 0.276 e. The summed E-state index contributed by atoms with van der Waals surface area (Å²) in [6.07, 6.45) is 1.56. The van der Waals surface area contributed by atoms with Gasteiger partial charge in [0.2, 0.25) is 5.17 Å². The summed E-state index contributed by atoms with van der Waals surface area (Å²) in [5.74, 6) is -1.98. The van der Waals surface area contributed by atoms with E-state index in [1.54, 1.807) is 30.3 Å². The van der Waals surface area contributed by atoms with Crippen LogP contribution in [0.15, 0.2) is 86.3 Å². The maximum absolute atomic E-state index is 14.6. The predicted octanol–water partition coefficient (Wildman–Crippen LogP) is 5.56. The number of halogens is 3. The first-order valence-corrected chi connectivity index (χ1v) is 11.5. The van der Waals surface area contributed by atoms with Crippen molar-refractivity contribution in [3.63, 3.8) is 0 Å². The molecule has 0 radical (unpaired) electrons. The second-order valence-electron chi connectivity index (χ2n) is 7.23. The van der Waals surface area contributed by atoms with Gasteiger partial charge in [0.15, 0.2) is 5.71 Å². The van der Waals surface area contributed by atoms with E-state index in [0.717, 1.165) is 21.1 Å². The van der Waals surface area contributed by atoms with Crippen LogP contribution in [0.25, 0.3) is 6.08 Å². The molecule has 2 amide bonds. The lowest BCUT2D eigenvalue weighted by Crippen LogP contribution is -2.29. The van der Waals surface area contributed by atoms with Crippen molar-refractivity contribution in [3.8, 4) is 0 Å². The van der Waals surface area contributed by atoms with Gasteiger partial charge in [0, 0.05) is 10.0 Å². The highest BCUT2D eigenvalue weighted by Gasteiger charge is 2.36. The van der Waals surface area contributed by atoms with Gasteiger partial charge >= 0.3 is 0 Å². The summed E-state index contributed by atoms with van der Waals surface area (Å²) < 4.78 is 28.6. The van der Waals surface area contributed by atoms with Gasteiger partial charge in [-0.25, -0.2) is 13.7 Å². The van der Waals surface area contributed by atoms with Crippen LogP contribution in [-0.2, 0) is 9.59 Å². The Bertz CT molecular complexity index is 1440. The molecule has 10 heteroatoms. The number of carbonyl (C=O) groups excluding carboxylic acids is 2. The van der Waals surface area contributed by atoms with E-state index in [2.05, 4.69) is 31.4 Å². The minimum Gasteiger partial charge on any atom is -0.320 e. The fourth-order valence-electron chi connectivity index (χ4n) is 3.41. The molecule has 1 fully saturated rings. The third-order valence-electron chi connectivity index (χ3n) is 5.00. The van der Waals surface area contributed by atoms with Crippen molar-refractivity contribution in [3.05, 3.63) is 98.9 Å². The summed E-state index contributed by atoms with van der Waals surface area (Å²) in [5, 5.41) is 11.1. The Balaban J connectivity index is 1.59. The minimum absolute atomic E-state index is 0.000439. The van der Waals surface area contributed by atoms with Crippen molar-refractivity contribution < 1.29 is 18.4 Å². The van der Waals surface area contributed by atoms with Gasteiger partial charge in [0.1, 0.15) is 11.6 Å². The molecule has 1 N–H and O–H groups in total. The van der Waals surface area contributed by atoms with Crippen LogP contribution >= 0.6 is 27.7 Å². The first-order chi connectivity index (χ1) is 16.4. The zero-order valence-corrected chi connectivity index (χ0v) is 19.5. The Labute approximate surface area is 205 Å². The van der Waals surface area contributed by atoms with Gasteiger partial charge in [-0.05, 0) is 65.9 Å². The van der Waals surface area contributed by atoms with E-state index in [4.69, 9.17) is 0 Å². The van der Waals surface area contributed by atoms with Crippen LogP contribution in [0.1, 0.15) is 11.1 Å². The van der Waals surface area contributed by atoms with Crippen LogP contribution in [-0.4, -0.2) is 22.7 Å². The van der Waals surface area contributed by atoms with E-state index in [9.17, 15) is 18.4 Å². The molecule has 2 aliphatic heterocycles. The van der Waals surface area contributed by atoms with Crippen LogP contribution in [0.4, 0.5) is 20.2 Å². The Morgan fingerprint density at radius 2 is 1.74 bits per heavy atom. The van der Waals surface area contributed by atoms with Gasteiger partial charge in [-0.15, -0.1) is 10.2 Å². The average Bonchev–Trinajstić information content (AvgIpc) is 3.29. The summed E-state index contributed by atoms with van der Waals surface area (Å²) in [6.45, 7) is 0. The number of fused-ring (bicyclic) bond motifs is 1. The lowest BCUT2D eigenvalue weighted by atomic mass is 10.1. The Morgan fingerprint density at radius 3 is 2.50 bits per heavy atom. The number of nitrogens with one attached hydrogen (secondary N) is 1. The summed E-state index contributed by atoms with van der Waals surface area (Å²) in [6, 6.07) is 16.6. The number of benzene rings is 3. The number of anilines is 2. The van der Waals surface area contributed by atoms with Crippen molar-refractivity contribution in [1.82, 2.24) is 0 Å². The smallest absolute Gasteiger partial charge is 0.276 e. The Kier molecular flexibility index (Phi) is 5.84. The molecule has 3 aromatic carbocycles. The van der Waals surface area contributed by atoms with E-state index in [0.29, 0.717) is 16.8 Å². The summed E-state index contributed by atoms with van der Waals surface area (Å²) >= 11 is 4.35. The number of nitrogens with zero attached hydrogens (tertiary/aromatic N) is 3. The topological polar surface area (TPSA) is 74.1 Å². The summed E-state index contributed by atoms with van der Waals surface area (Å²) in [7, 11) is 0. The van der Waals surface area contributed by atoms with Gasteiger partial charge < -0.3 is 5.32 Å². The zero-order valence-electron chi connectivity index (χ0n) is 17.1. The zero-order chi connectivity index (χ0) is 23.8. The standard InChI is InChI=1S/C24H13BrF2N4O2S/c25-14-7-10-18-16(12-14)21(22(32)28-18)29-30-24-31(19-4-2-1-3-17(19)27)23(33)20(34-24)11-13-5-8-15(26)9-6-13/h1-12H,(H,28,29,32). The number of rotatable bonds is 3. The third-order valence-corrected chi connectivity index (χ3v) is 6.46. The fourth-order valence-corrected chi connectivity index (χ4v) is 4.70. The molecule has 5 rings (SSSR count).